The van der Waals surface area contributed by atoms with Gasteiger partial charge in [-0.3, -0.25) is 0 Å². The van der Waals surface area contributed by atoms with Gasteiger partial charge in [-0.1, -0.05) is 12.1 Å². The number of rotatable bonds is 2. The number of fused-ring (bicyclic) bond motifs is 1. The largest absolute Gasteiger partial charge is 0.388 e. The maximum absolute atomic E-state index is 9.06. The average molecular weight is 203 g/mol. The quantitative estimate of drug-likeness (QED) is 0.796. The lowest BCUT2D eigenvalue weighted by Gasteiger charge is -2.14. The van der Waals surface area contributed by atoms with Crippen molar-refractivity contribution in [3.8, 4) is 0 Å². The Morgan fingerprint density at radius 3 is 2.60 bits per heavy atom. The molecule has 2 aromatic rings. The monoisotopic (exact) mass is 203 g/mol. The number of para-hydroxylation sites is 1. The van der Waals surface area contributed by atoms with Crippen LogP contribution in [-0.4, -0.2) is 29.2 Å². The molecule has 0 amide bonds. The van der Waals surface area contributed by atoms with Crippen LogP contribution in [0.5, 0.6) is 0 Å². The molecule has 1 aromatic carbocycles. The zero-order valence-electron chi connectivity index (χ0n) is 8.81. The molecule has 15 heavy (non-hydrogen) atoms. The van der Waals surface area contributed by atoms with Gasteiger partial charge in [0.05, 0.1) is 5.52 Å². The first-order valence-electron chi connectivity index (χ1n) is 4.76. The summed E-state index contributed by atoms with van der Waals surface area (Å²) < 4.78 is 0. The SMILES string of the molecule is CN(C)c1nc(CO)nc2ccccc12. The van der Waals surface area contributed by atoms with E-state index in [2.05, 4.69) is 9.97 Å². The molecule has 0 fully saturated rings. The molecule has 1 aromatic heterocycles. The van der Waals surface area contributed by atoms with Crippen LogP contribution in [0.15, 0.2) is 24.3 Å². The molecular weight excluding hydrogens is 190 g/mol. The first-order valence-corrected chi connectivity index (χ1v) is 4.76. The molecule has 0 atom stereocenters. The van der Waals surface area contributed by atoms with Gasteiger partial charge in [0.15, 0.2) is 5.82 Å². The summed E-state index contributed by atoms with van der Waals surface area (Å²) in [5, 5.41) is 10.1. The van der Waals surface area contributed by atoms with Crippen LogP contribution < -0.4 is 4.90 Å². The van der Waals surface area contributed by atoms with Gasteiger partial charge >= 0.3 is 0 Å². The Kier molecular flexibility index (Phi) is 2.51. The summed E-state index contributed by atoms with van der Waals surface area (Å²) >= 11 is 0. The number of hydrogen-bond acceptors (Lipinski definition) is 4. The fourth-order valence-electron chi connectivity index (χ4n) is 1.52. The van der Waals surface area contributed by atoms with E-state index in [-0.39, 0.29) is 6.61 Å². The summed E-state index contributed by atoms with van der Waals surface area (Å²) in [4.78, 5) is 10.5. The summed E-state index contributed by atoms with van der Waals surface area (Å²) in [5.41, 5.74) is 0.861. The van der Waals surface area contributed by atoms with Gasteiger partial charge in [0.25, 0.3) is 0 Å². The van der Waals surface area contributed by atoms with Crippen LogP contribution in [0.3, 0.4) is 0 Å². The average Bonchev–Trinajstić information content (AvgIpc) is 2.27. The minimum Gasteiger partial charge on any atom is -0.388 e. The van der Waals surface area contributed by atoms with E-state index in [9.17, 15) is 0 Å². The third-order valence-corrected chi connectivity index (χ3v) is 2.19. The molecule has 0 unspecified atom stereocenters. The molecule has 1 heterocycles. The van der Waals surface area contributed by atoms with Crippen molar-refractivity contribution in [2.75, 3.05) is 19.0 Å². The second-order valence-corrected chi connectivity index (χ2v) is 3.53. The molecule has 2 rings (SSSR count). The molecule has 0 spiro atoms. The predicted octanol–water partition coefficient (Wildman–Crippen LogP) is 1.19. The van der Waals surface area contributed by atoms with E-state index in [1.807, 2.05) is 43.3 Å². The summed E-state index contributed by atoms with van der Waals surface area (Å²) in [6.07, 6.45) is 0. The van der Waals surface area contributed by atoms with Crippen LogP contribution in [0.4, 0.5) is 5.82 Å². The Labute approximate surface area is 88.2 Å². The number of anilines is 1. The highest BCUT2D eigenvalue weighted by Gasteiger charge is 2.07. The van der Waals surface area contributed by atoms with Crippen molar-refractivity contribution in [2.24, 2.45) is 0 Å². The zero-order valence-corrected chi connectivity index (χ0v) is 8.81. The molecule has 4 nitrogen and oxygen atoms in total. The molecule has 0 radical (unpaired) electrons. The van der Waals surface area contributed by atoms with Crippen LogP contribution >= 0.6 is 0 Å². The van der Waals surface area contributed by atoms with Gasteiger partial charge in [-0.2, -0.15) is 0 Å². The first-order chi connectivity index (χ1) is 7.22. The first kappa shape index (κ1) is 9.86. The van der Waals surface area contributed by atoms with Crippen LogP contribution in [0.1, 0.15) is 5.82 Å². The minimum absolute atomic E-state index is 0.133. The van der Waals surface area contributed by atoms with Crippen LogP contribution in [0.2, 0.25) is 0 Å². The number of nitrogens with zero attached hydrogens (tertiary/aromatic N) is 3. The molecule has 4 heteroatoms. The normalized spacial score (nSPS) is 10.6. The van der Waals surface area contributed by atoms with Crippen molar-refractivity contribution in [1.29, 1.82) is 0 Å². The molecule has 0 saturated heterocycles. The Bertz CT molecular complexity index is 482. The Morgan fingerprint density at radius 2 is 1.93 bits per heavy atom. The number of aliphatic hydroxyl groups is 1. The van der Waals surface area contributed by atoms with Crippen molar-refractivity contribution >= 4 is 16.7 Å². The van der Waals surface area contributed by atoms with E-state index < -0.39 is 0 Å². The van der Waals surface area contributed by atoms with E-state index in [4.69, 9.17) is 5.11 Å². The lowest BCUT2D eigenvalue weighted by Crippen LogP contribution is -2.13. The summed E-state index contributed by atoms with van der Waals surface area (Å²) in [6, 6.07) is 7.78. The third kappa shape index (κ3) is 1.76. The highest BCUT2D eigenvalue weighted by atomic mass is 16.3. The van der Waals surface area contributed by atoms with Gasteiger partial charge in [0.2, 0.25) is 0 Å². The second-order valence-electron chi connectivity index (χ2n) is 3.53. The van der Waals surface area contributed by atoms with Crippen LogP contribution in [-0.2, 0) is 6.61 Å². The Morgan fingerprint density at radius 1 is 1.20 bits per heavy atom. The van der Waals surface area contributed by atoms with Gasteiger partial charge in [-0.05, 0) is 12.1 Å². The molecule has 0 aliphatic rings. The molecule has 0 bridgehead atoms. The molecule has 1 N–H and O–H groups in total. The Balaban J connectivity index is 2.74. The summed E-state index contributed by atoms with van der Waals surface area (Å²) in [6.45, 7) is -0.133. The molecule has 78 valence electrons. The maximum atomic E-state index is 9.06. The number of aromatic nitrogens is 2. The van der Waals surface area contributed by atoms with Gasteiger partial charge in [0.1, 0.15) is 12.4 Å². The van der Waals surface area contributed by atoms with E-state index in [0.717, 1.165) is 16.7 Å². The fraction of sp³-hybridized carbons (Fsp3) is 0.273. The fourth-order valence-corrected chi connectivity index (χ4v) is 1.52. The van der Waals surface area contributed by atoms with E-state index >= 15 is 0 Å². The smallest absolute Gasteiger partial charge is 0.156 e. The maximum Gasteiger partial charge on any atom is 0.156 e. The van der Waals surface area contributed by atoms with Crippen molar-refractivity contribution in [3.05, 3.63) is 30.1 Å². The molecule has 0 aliphatic heterocycles. The number of benzene rings is 1. The number of hydrogen-bond donors (Lipinski definition) is 1. The lowest BCUT2D eigenvalue weighted by atomic mass is 10.2. The highest BCUT2D eigenvalue weighted by molar-refractivity contribution is 5.89. The van der Waals surface area contributed by atoms with Crippen LogP contribution in [0.25, 0.3) is 10.9 Å². The second kappa shape index (κ2) is 3.82. The van der Waals surface area contributed by atoms with Crippen molar-refractivity contribution in [3.63, 3.8) is 0 Å². The van der Waals surface area contributed by atoms with Crippen molar-refractivity contribution < 1.29 is 5.11 Å². The summed E-state index contributed by atoms with van der Waals surface area (Å²) in [7, 11) is 3.85. The highest BCUT2D eigenvalue weighted by Crippen LogP contribution is 2.21. The van der Waals surface area contributed by atoms with Gasteiger partial charge in [-0.15, -0.1) is 0 Å². The van der Waals surface area contributed by atoms with E-state index in [1.165, 1.54) is 0 Å². The van der Waals surface area contributed by atoms with Crippen molar-refractivity contribution in [2.45, 2.75) is 6.61 Å². The topological polar surface area (TPSA) is 49.2 Å². The molecule has 0 saturated carbocycles. The Hall–Kier alpha value is -1.68. The van der Waals surface area contributed by atoms with E-state index in [1.54, 1.807) is 0 Å². The number of aliphatic hydroxyl groups excluding tert-OH is 1. The van der Waals surface area contributed by atoms with Crippen LogP contribution in [0, 0.1) is 0 Å². The third-order valence-electron chi connectivity index (χ3n) is 2.19. The standard InChI is InChI=1S/C11H13N3O/c1-14(2)11-8-5-3-4-6-9(8)12-10(7-15)13-11/h3-6,15H,7H2,1-2H3. The minimum atomic E-state index is -0.133. The van der Waals surface area contributed by atoms with Crippen molar-refractivity contribution in [1.82, 2.24) is 9.97 Å². The lowest BCUT2D eigenvalue weighted by molar-refractivity contribution is 0.272. The summed E-state index contributed by atoms with van der Waals surface area (Å²) in [5.74, 6) is 1.29. The van der Waals surface area contributed by atoms with E-state index in [0.29, 0.717) is 5.82 Å². The van der Waals surface area contributed by atoms with Gasteiger partial charge < -0.3 is 10.0 Å². The predicted molar refractivity (Wildman–Crippen MR) is 59.8 cm³/mol. The molecule has 0 aliphatic carbocycles. The zero-order chi connectivity index (χ0) is 10.8. The van der Waals surface area contributed by atoms with Gasteiger partial charge in [0, 0.05) is 19.5 Å². The van der Waals surface area contributed by atoms with Gasteiger partial charge in [-0.25, -0.2) is 9.97 Å². The molecular formula is C11H13N3O.